The molecule has 3 aromatic rings. The first-order valence-corrected chi connectivity index (χ1v) is 9.29. The van der Waals surface area contributed by atoms with Crippen molar-refractivity contribution in [3.05, 3.63) is 83.1 Å². The predicted octanol–water partition coefficient (Wildman–Crippen LogP) is 3.52. The second-order valence-electron chi connectivity index (χ2n) is 6.48. The first-order valence-electron chi connectivity index (χ1n) is 9.29. The Balaban J connectivity index is 1.58. The van der Waals surface area contributed by atoms with Crippen molar-refractivity contribution in [1.82, 2.24) is 15.3 Å². The van der Waals surface area contributed by atoms with E-state index < -0.39 is 0 Å². The number of halogens is 1. The van der Waals surface area contributed by atoms with Crippen LogP contribution in [0, 0.1) is 12.7 Å². The van der Waals surface area contributed by atoms with Crippen LogP contribution in [-0.2, 0) is 13.0 Å². The third kappa shape index (κ3) is 5.75. The lowest BCUT2D eigenvalue weighted by atomic mass is 10.1. The summed E-state index contributed by atoms with van der Waals surface area (Å²) in [7, 11) is 1.61. The number of nitrogens with one attached hydrogen (secondary N) is 2. The van der Waals surface area contributed by atoms with Crippen molar-refractivity contribution in [2.75, 3.05) is 19.0 Å². The van der Waals surface area contributed by atoms with Crippen molar-refractivity contribution in [2.24, 2.45) is 0 Å². The zero-order chi connectivity index (χ0) is 20.6. The number of aromatic nitrogens is 2. The fourth-order valence-electron chi connectivity index (χ4n) is 2.82. The summed E-state index contributed by atoms with van der Waals surface area (Å²) in [5, 5.41) is 5.98. The molecule has 1 amide bonds. The monoisotopic (exact) mass is 394 g/mol. The summed E-state index contributed by atoms with van der Waals surface area (Å²) in [6.45, 7) is 2.59. The number of hydrogen-bond donors (Lipinski definition) is 2. The number of hydrogen-bond acceptors (Lipinski definition) is 5. The minimum absolute atomic E-state index is 0.230. The number of carbonyl (C=O) groups excluding carboxylic acids is 1. The second-order valence-corrected chi connectivity index (χ2v) is 6.48. The van der Waals surface area contributed by atoms with E-state index in [1.165, 1.54) is 6.07 Å². The van der Waals surface area contributed by atoms with Crippen LogP contribution >= 0.6 is 0 Å². The van der Waals surface area contributed by atoms with Gasteiger partial charge in [0.05, 0.1) is 7.11 Å². The van der Waals surface area contributed by atoms with E-state index in [1.54, 1.807) is 38.3 Å². The van der Waals surface area contributed by atoms with Crippen LogP contribution in [0.4, 0.5) is 10.2 Å². The number of benzene rings is 2. The second kappa shape index (κ2) is 9.64. The van der Waals surface area contributed by atoms with Crippen LogP contribution in [0.15, 0.2) is 54.6 Å². The largest absolute Gasteiger partial charge is 0.497 e. The Bertz CT molecular complexity index is 977. The summed E-state index contributed by atoms with van der Waals surface area (Å²) in [6.07, 6.45) is 0.509. The molecule has 29 heavy (non-hydrogen) atoms. The summed E-state index contributed by atoms with van der Waals surface area (Å²) in [5.74, 6) is 1.26. The molecule has 6 nitrogen and oxygen atoms in total. The van der Waals surface area contributed by atoms with Crippen LogP contribution < -0.4 is 15.4 Å². The third-order valence-electron chi connectivity index (χ3n) is 4.34. The van der Waals surface area contributed by atoms with Crippen LogP contribution in [0.25, 0.3) is 0 Å². The molecule has 1 heterocycles. The number of aryl methyl sites for hydroxylation is 1. The van der Waals surface area contributed by atoms with Gasteiger partial charge in [-0.25, -0.2) is 14.4 Å². The molecule has 0 fully saturated rings. The molecule has 3 rings (SSSR count). The molecule has 1 aromatic heterocycles. The van der Waals surface area contributed by atoms with E-state index in [1.807, 2.05) is 24.3 Å². The highest BCUT2D eigenvalue weighted by Crippen LogP contribution is 2.12. The highest BCUT2D eigenvalue weighted by atomic mass is 19.1. The lowest BCUT2D eigenvalue weighted by molar-refractivity contribution is 0.0945. The molecule has 2 aromatic carbocycles. The highest BCUT2D eigenvalue weighted by Gasteiger charge is 2.11. The molecule has 0 radical (unpaired) electrons. The van der Waals surface area contributed by atoms with Crippen molar-refractivity contribution in [3.8, 4) is 5.75 Å². The molecule has 0 saturated carbocycles. The quantitative estimate of drug-likeness (QED) is 0.611. The Kier molecular flexibility index (Phi) is 6.73. The molecule has 0 saturated heterocycles. The molecule has 0 bridgehead atoms. The number of amides is 1. The van der Waals surface area contributed by atoms with Crippen molar-refractivity contribution in [3.63, 3.8) is 0 Å². The fraction of sp³-hybridized carbons (Fsp3) is 0.227. The Hall–Kier alpha value is -3.48. The van der Waals surface area contributed by atoms with Gasteiger partial charge in [-0.1, -0.05) is 30.3 Å². The van der Waals surface area contributed by atoms with E-state index in [0.717, 1.165) is 11.3 Å². The van der Waals surface area contributed by atoms with Crippen molar-refractivity contribution < 1.29 is 13.9 Å². The zero-order valence-corrected chi connectivity index (χ0v) is 16.4. The van der Waals surface area contributed by atoms with Gasteiger partial charge in [0, 0.05) is 19.2 Å². The standard InChI is InChI=1S/C22H23FN4O2/c1-15-26-20(22(28)25-14-16-7-9-18(29-2)10-8-16)13-21(27-15)24-12-11-17-5-3-4-6-19(17)23/h3-10,13H,11-12,14H2,1-2H3,(H,25,28)(H,24,26,27). The Morgan fingerprint density at radius 2 is 1.86 bits per heavy atom. The molecule has 0 unspecified atom stereocenters. The average molecular weight is 394 g/mol. The maximum absolute atomic E-state index is 13.7. The molecule has 0 spiro atoms. The zero-order valence-electron chi connectivity index (χ0n) is 16.4. The molecule has 2 N–H and O–H groups in total. The molecule has 0 atom stereocenters. The van der Waals surface area contributed by atoms with Crippen molar-refractivity contribution in [1.29, 1.82) is 0 Å². The van der Waals surface area contributed by atoms with Crippen molar-refractivity contribution >= 4 is 11.7 Å². The number of ether oxygens (including phenoxy) is 1. The van der Waals surface area contributed by atoms with Crippen molar-refractivity contribution in [2.45, 2.75) is 19.9 Å². The van der Waals surface area contributed by atoms with E-state index in [4.69, 9.17) is 4.74 Å². The highest BCUT2D eigenvalue weighted by molar-refractivity contribution is 5.92. The van der Waals surface area contributed by atoms with Gasteiger partial charge in [-0.3, -0.25) is 4.79 Å². The van der Waals surface area contributed by atoms with Gasteiger partial charge in [0.15, 0.2) is 0 Å². The van der Waals surface area contributed by atoms with Gasteiger partial charge in [0.2, 0.25) is 0 Å². The minimum Gasteiger partial charge on any atom is -0.497 e. The van der Waals surface area contributed by atoms with Gasteiger partial charge < -0.3 is 15.4 Å². The van der Waals surface area contributed by atoms with E-state index in [-0.39, 0.29) is 17.4 Å². The lowest BCUT2D eigenvalue weighted by Gasteiger charge is -2.10. The number of anilines is 1. The Morgan fingerprint density at radius 1 is 1.10 bits per heavy atom. The first kappa shape index (κ1) is 20.3. The molecular weight excluding hydrogens is 371 g/mol. The number of rotatable bonds is 8. The minimum atomic E-state index is -0.288. The number of nitrogens with zero attached hydrogens (tertiary/aromatic N) is 2. The molecular formula is C22H23FN4O2. The molecule has 0 aliphatic heterocycles. The third-order valence-corrected chi connectivity index (χ3v) is 4.34. The van der Waals surface area contributed by atoms with Gasteiger partial charge in [-0.05, 0) is 42.7 Å². The van der Waals surface area contributed by atoms with Crippen LogP contribution in [0.3, 0.4) is 0 Å². The fourth-order valence-corrected chi connectivity index (χ4v) is 2.82. The number of methoxy groups -OCH3 is 1. The van der Waals surface area contributed by atoms with Gasteiger partial charge >= 0.3 is 0 Å². The smallest absolute Gasteiger partial charge is 0.270 e. The summed E-state index contributed by atoms with van der Waals surface area (Å²) < 4.78 is 18.8. The Labute approximate surface area is 169 Å². The van der Waals surface area contributed by atoms with E-state index in [0.29, 0.717) is 36.7 Å². The van der Waals surface area contributed by atoms with E-state index in [2.05, 4.69) is 20.6 Å². The number of carbonyl (C=O) groups is 1. The van der Waals surface area contributed by atoms with Crippen LogP contribution in [0.1, 0.15) is 27.4 Å². The average Bonchev–Trinajstić information content (AvgIpc) is 2.73. The summed E-state index contributed by atoms with van der Waals surface area (Å²) in [4.78, 5) is 21.0. The molecule has 7 heteroatoms. The predicted molar refractivity (Wildman–Crippen MR) is 110 cm³/mol. The van der Waals surface area contributed by atoms with Crippen LogP contribution in [-0.4, -0.2) is 29.5 Å². The molecule has 0 aliphatic rings. The SMILES string of the molecule is COc1ccc(CNC(=O)c2cc(NCCc3ccccc3F)nc(C)n2)cc1. The lowest BCUT2D eigenvalue weighted by Crippen LogP contribution is -2.24. The summed E-state index contributed by atoms with van der Waals surface area (Å²) >= 11 is 0. The van der Waals surface area contributed by atoms with Gasteiger partial charge in [-0.15, -0.1) is 0 Å². The van der Waals surface area contributed by atoms with Gasteiger partial charge in [0.25, 0.3) is 5.91 Å². The maximum atomic E-state index is 13.7. The summed E-state index contributed by atoms with van der Waals surface area (Å²) in [5.41, 5.74) is 1.86. The van der Waals surface area contributed by atoms with Crippen LogP contribution in [0.5, 0.6) is 5.75 Å². The first-order chi connectivity index (χ1) is 14.0. The molecule has 150 valence electrons. The van der Waals surface area contributed by atoms with E-state index >= 15 is 0 Å². The topological polar surface area (TPSA) is 76.1 Å². The van der Waals surface area contributed by atoms with Gasteiger partial charge in [0.1, 0.15) is 28.9 Å². The Morgan fingerprint density at radius 3 is 2.59 bits per heavy atom. The van der Waals surface area contributed by atoms with Crippen LogP contribution in [0.2, 0.25) is 0 Å². The molecule has 0 aliphatic carbocycles. The maximum Gasteiger partial charge on any atom is 0.270 e. The van der Waals surface area contributed by atoms with Gasteiger partial charge in [-0.2, -0.15) is 0 Å². The normalized spacial score (nSPS) is 10.4. The summed E-state index contributed by atoms with van der Waals surface area (Å²) in [6, 6.07) is 15.7. The van der Waals surface area contributed by atoms with E-state index in [9.17, 15) is 9.18 Å².